The van der Waals surface area contributed by atoms with E-state index in [0.717, 1.165) is 29.9 Å². The van der Waals surface area contributed by atoms with Gasteiger partial charge in [-0.3, -0.25) is 5.10 Å². The molecule has 2 heterocycles. The fraction of sp³-hybridized carbons (Fsp3) is 0.400. The average molecular weight is 275 g/mol. The lowest BCUT2D eigenvalue weighted by Crippen LogP contribution is -2.23. The quantitative estimate of drug-likeness (QED) is 0.886. The molecule has 2 N–H and O–H groups in total. The molecule has 0 bridgehead atoms. The molecule has 20 heavy (non-hydrogen) atoms. The van der Waals surface area contributed by atoms with Crippen LogP contribution in [0.15, 0.2) is 24.4 Å². The number of hydrogen-bond acceptors (Lipinski definition) is 3. The summed E-state index contributed by atoms with van der Waals surface area (Å²) < 4.78 is 13.4. The maximum Gasteiger partial charge on any atom is 0.123 e. The third kappa shape index (κ3) is 2.41. The van der Waals surface area contributed by atoms with Crippen molar-refractivity contribution >= 4 is 5.69 Å². The maximum absolute atomic E-state index is 13.4. The Morgan fingerprint density at radius 1 is 1.50 bits per heavy atom. The number of anilines is 1. The fourth-order valence-corrected chi connectivity index (χ4v) is 2.74. The highest BCUT2D eigenvalue weighted by molar-refractivity contribution is 5.56. The van der Waals surface area contributed by atoms with Gasteiger partial charge in [0.05, 0.1) is 12.3 Å². The van der Waals surface area contributed by atoms with E-state index in [-0.39, 0.29) is 5.82 Å². The standard InChI is InChI=1S/C15H18FN3O/c1-10-11(8-17-18-10)9-19-6-2-3-15(20)13-7-12(16)4-5-14(13)19/h4-5,7-8,15,20H,2-3,6,9H2,1H3,(H,17,18). The first-order valence-electron chi connectivity index (χ1n) is 6.86. The van der Waals surface area contributed by atoms with Crippen molar-refractivity contribution in [3.8, 4) is 0 Å². The molecule has 106 valence electrons. The number of aryl methyl sites for hydroxylation is 1. The number of benzene rings is 1. The largest absolute Gasteiger partial charge is 0.388 e. The van der Waals surface area contributed by atoms with Crippen molar-refractivity contribution in [2.24, 2.45) is 0 Å². The minimum atomic E-state index is -0.587. The molecular weight excluding hydrogens is 257 g/mol. The third-order valence-corrected chi connectivity index (χ3v) is 3.89. The molecule has 0 saturated carbocycles. The molecule has 1 atom stereocenters. The lowest BCUT2D eigenvalue weighted by atomic mass is 10.0. The summed E-state index contributed by atoms with van der Waals surface area (Å²) in [5, 5.41) is 17.1. The van der Waals surface area contributed by atoms with Crippen LogP contribution in [-0.4, -0.2) is 21.8 Å². The molecule has 0 radical (unpaired) electrons. The van der Waals surface area contributed by atoms with Crippen LogP contribution in [0.1, 0.15) is 35.8 Å². The highest BCUT2D eigenvalue weighted by Gasteiger charge is 2.22. The highest BCUT2D eigenvalue weighted by Crippen LogP contribution is 2.34. The lowest BCUT2D eigenvalue weighted by Gasteiger charge is -2.25. The van der Waals surface area contributed by atoms with Gasteiger partial charge in [-0.1, -0.05) is 0 Å². The van der Waals surface area contributed by atoms with Gasteiger partial charge >= 0.3 is 0 Å². The predicted octanol–water partition coefficient (Wildman–Crippen LogP) is 2.69. The van der Waals surface area contributed by atoms with Crippen LogP contribution in [0, 0.1) is 12.7 Å². The van der Waals surface area contributed by atoms with E-state index in [4.69, 9.17) is 0 Å². The van der Waals surface area contributed by atoms with E-state index in [2.05, 4.69) is 15.1 Å². The number of fused-ring (bicyclic) bond motifs is 1. The van der Waals surface area contributed by atoms with Crippen LogP contribution in [0.3, 0.4) is 0 Å². The summed E-state index contributed by atoms with van der Waals surface area (Å²) >= 11 is 0. The zero-order chi connectivity index (χ0) is 14.1. The Balaban J connectivity index is 1.96. The molecule has 1 aliphatic heterocycles. The number of rotatable bonds is 2. The number of halogens is 1. The molecular formula is C15H18FN3O. The van der Waals surface area contributed by atoms with Gasteiger partial charge < -0.3 is 10.0 Å². The van der Waals surface area contributed by atoms with Gasteiger partial charge in [0.2, 0.25) is 0 Å². The molecule has 3 rings (SSSR count). The molecule has 0 spiro atoms. The summed E-state index contributed by atoms with van der Waals surface area (Å²) in [5.74, 6) is -0.302. The number of aromatic amines is 1. The Morgan fingerprint density at radius 3 is 3.10 bits per heavy atom. The SMILES string of the molecule is Cc1[nH]ncc1CN1CCCC(O)c2cc(F)ccc21. The van der Waals surface area contributed by atoms with E-state index < -0.39 is 6.10 Å². The molecule has 1 aromatic heterocycles. The monoisotopic (exact) mass is 275 g/mol. The van der Waals surface area contributed by atoms with E-state index in [1.807, 2.05) is 13.1 Å². The predicted molar refractivity (Wildman–Crippen MR) is 75.0 cm³/mol. The zero-order valence-corrected chi connectivity index (χ0v) is 11.4. The van der Waals surface area contributed by atoms with Gasteiger partial charge in [0.25, 0.3) is 0 Å². The van der Waals surface area contributed by atoms with Crippen LogP contribution in [0.5, 0.6) is 0 Å². The molecule has 1 aliphatic rings. The summed E-state index contributed by atoms with van der Waals surface area (Å²) in [6, 6.07) is 4.65. The molecule has 0 amide bonds. The summed E-state index contributed by atoms with van der Waals surface area (Å²) in [6.07, 6.45) is 2.78. The number of aliphatic hydroxyl groups excluding tert-OH is 1. The van der Waals surface area contributed by atoms with Gasteiger partial charge in [0, 0.05) is 35.6 Å². The molecule has 2 aromatic rings. The van der Waals surface area contributed by atoms with Crippen molar-refractivity contribution in [3.63, 3.8) is 0 Å². The number of nitrogens with zero attached hydrogens (tertiary/aromatic N) is 2. The van der Waals surface area contributed by atoms with Crippen LogP contribution in [0.25, 0.3) is 0 Å². The Bertz CT molecular complexity index is 611. The minimum Gasteiger partial charge on any atom is -0.388 e. The van der Waals surface area contributed by atoms with Crippen molar-refractivity contribution in [1.82, 2.24) is 10.2 Å². The van der Waals surface area contributed by atoms with Crippen LogP contribution in [0.2, 0.25) is 0 Å². The van der Waals surface area contributed by atoms with Crippen LogP contribution >= 0.6 is 0 Å². The van der Waals surface area contributed by atoms with Gasteiger partial charge in [-0.25, -0.2) is 4.39 Å². The van der Waals surface area contributed by atoms with Crippen molar-refractivity contribution in [1.29, 1.82) is 0 Å². The smallest absolute Gasteiger partial charge is 0.123 e. The van der Waals surface area contributed by atoms with Gasteiger partial charge in [-0.05, 0) is 38.0 Å². The Hall–Kier alpha value is -1.88. The van der Waals surface area contributed by atoms with Gasteiger partial charge in [0.15, 0.2) is 0 Å². The van der Waals surface area contributed by atoms with Crippen LogP contribution in [-0.2, 0) is 6.54 Å². The molecule has 4 nitrogen and oxygen atoms in total. The Labute approximate surface area is 117 Å². The van der Waals surface area contributed by atoms with E-state index >= 15 is 0 Å². The second-order valence-corrected chi connectivity index (χ2v) is 5.30. The van der Waals surface area contributed by atoms with Gasteiger partial charge in [-0.15, -0.1) is 0 Å². The molecule has 1 aromatic carbocycles. The average Bonchev–Trinajstić information content (AvgIpc) is 2.76. The number of H-pyrrole nitrogens is 1. The minimum absolute atomic E-state index is 0.302. The molecule has 0 fully saturated rings. The first kappa shape index (κ1) is 13.1. The molecule has 0 saturated heterocycles. The number of nitrogens with one attached hydrogen (secondary N) is 1. The van der Waals surface area contributed by atoms with Gasteiger partial charge in [-0.2, -0.15) is 5.10 Å². The summed E-state index contributed by atoms with van der Waals surface area (Å²) in [5.41, 5.74) is 3.76. The summed E-state index contributed by atoms with van der Waals surface area (Å²) in [4.78, 5) is 2.18. The van der Waals surface area contributed by atoms with E-state index in [1.54, 1.807) is 6.07 Å². The maximum atomic E-state index is 13.4. The number of aliphatic hydroxyl groups is 1. The Kier molecular flexibility index (Phi) is 3.44. The third-order valence-electron chi connectivity index (χ3n) is 3.89. The first-order valence-corrected chi connectivity index (χ1v) is 6.86. The van der Waals surface area contributed by atoms with Crippen LogP contribution in [0.4, 0.5) is 10.1 Å². The van der Waals surface area contributed by atoms with Crippen molar-refractivity contribution < 1.29 is 9.50 Å². The molecule has 1 unspecified atom stereocenters. The van der Waals surface area contributed by atoms with Crippen molar-refractivity contribution in [2.75, 3.05) is 11.4 Å². The fourth-order valence-electron chi connectivity index (χ4n) is 2.74. The molecule has 5 heteroatoms. The summed E-state index contributed by atoms with van der Waals surface area (Å²) in [7, 11) is 0. The lowest BCUT2D eigenvalue weighted by molar-refractivity contribution is 0.168. The first-order chi connectivity index (χ1) is 9.65. The molecule has 0 aliphatic carbocycles. The number of aromatic nitrogens is 2. The normalized spacial score (nSPS) is 18.8. The number of hydrogen-bond donors (Lipinski definition) is 2. The van der Waals surface area contributed by atoms with Gasteiger partial charge in [0.1, 0.15) is 5.82 Å². The van der Waals surface area contributed by atoms with E-state index in [0.29, 0.717) is 18.5 Å². The second kappa shape index (κ2) is 5.25. The van der Waals surface area contributed by atoms with Crippen LogP contribution < -0.4 is 4.90 Å². The van der Waals surface area contributed by atoms with E-state index in [1.165, 1.54) is 12.1 Å². The zero-order valence-electron chi connectivity index (χ0n) is 11.4. The summed E-state index contributed by atoms with van der Waals surface area (Å²) in [6.45, 7) is 3.55. The van der Waals surface area contributed by atoms with E-state index in [9.17, 15) is 9.50 Å². The highest BCUT2D eigenvalue weighted by atomic mass is 19.1. The topological polar surface area (TPSA) is 52.2 Å². The van der Waals surface area contributed by atoms with Crippen molar-refractivity contribution in [3.05, 3.63) is 47.0 Å². The van der Waals surface area contributed by atoms with Crippen molar-refractivity contribution in [2.45, 2.75) is 32.4 Å². The Morgan fingerprint density at radius 2 is 2.35 bits per heavy atom. The second-order valence-electron chi connectivity index (χ2n) is 5.30.